The zero-order chi connectivity index (χ0) is 21.2. The number of nitriles is 1. The number of carbonyl (C=O) groups excluding carboxylic acids is 3. The Bertz CT molecular complexity index is 900. The van der Waals surface area contributed by atoms with Crippen molar-refractivity contribution in [2.75, 3.05) is 13.7 Å². The summed E-state index contributed by atoms with van der Waals surface area (Å²) in [6, 6.07) is 14.8. The lowest BCUT2D eigenvalue weighted by atomic mass is 10.1. The second-order valence-corrected chi connectivity index (χ2v) is 5.97. The Balaban J connectivity index is 1.74. The summed E-state index contributed by atoms with van der Waals surface area (Å²) in [6.45, 7) is 1.27. The van der Waals surface area contributed by atoms with E-state index in [1.54, 1.807) is 48.5 Å². The van der Waals surface area contributed by atoms with Gasteiger partial charge in [-0.1, -0.05) is 12.1 Å². The van der Waals surface area contributed by atoms with Crippen molar-refractivity contribution in [3.63, 3.8) is 0 Å². The monoisotopic (exact) mass is 396 g/mol. The average molecular weight is 396 g/mol. The lowest BCUT2D eigenvalue weighted by Gasteiger charge is -2.14. The maximum absolute atomic E-state index is 12.0. The standard InChI is InChI=1S/C21H20N2O6/c1-14(29-18-9-5-15(11-22)6-10-18)20(25)28-13-19(24)23-12-16-3-7-17(8-4-16)21(26)27-2/h3-10,14H,12-13H2,1-2H3,(H,23,24)/t14-/m0/s1. The van der Waals surface area contributed by atoms with Gasteiger partial charge in [0.15, 0.2) is 12.7 Å². The molecule has 1 atom stereocenters. The molecule has 0 saturated heterocycles. The van der Waals surface area contributed by atoms with Gasteiger partial charge in [-0.3, -0.25) is 4.79 Å². The molecule has 2 aromatic carbocycles. The fourth-order valence-corrected chi connectivity index (χ4v) is 2.24. The summed E-state index contributed by atoms with van der Waals surface area (Å²) in [5, 5.41) is 11.4. The van der Waals surface area contributed by atoms with Gasteiger partial charge in [0.05, 0.1) is 24.3 Å². The molecule has 2 aromatic rings. The highest BCUT2D eigenvalue weighted by Gasteiger charge is 2.18. The summed E-state index contributed by atoms with van der Waals surface area (Å²) in [5.41, 5.74) is 1.66. The number of hydrogen-bond donors (Lipinski definition) is 1. The molecule has 0 fully saturated rings. The first-order valence-corrected chi connectivity index (χ1v) is 8.70. The number of hydrogen-bond acceptors (Lipinski definition) is 7. The predicted octanol–water partition coefficient (Wildman–Crippen LogP) is 1.97. The lowest BCUT2D eigenvalue weighted by molar-refractivity contribution is -0.154. The second-order valence-electron chi connectivity index (χ2n) is 5.97. The number of rotatable bonds is 8. The smallest absolute Gasteiger partial charge is 0.347 e. The van der Waals surface area contributed by atoms with E-state index in [0.717, 1.165) is 5.56 Å². The van der Waals surface area contributed by atoms with E-state index in [-0.39, 0.29) is 6.54 Å². The number of ether oxygens (including phenoxy) is 3. The first-order valence-electron chi connectivity index (χ1n) is 8.70. The molecule has 0 aliphatic rings. The largest absolute Gasteiger partial charge is 0.479 e. The van der Waals surface area contributed by atoms with Crippen molar-refractivity contribution < 1.29 is 28.6 Å². The molecule has 0 aliphatic heterocycles. The number of esters is 2. The second kappa shape index (κ2) is 10.5. The van der Waals surface area contributed by atoms with E-state index in [0.29, 0.717) is 16.9 Å². The normalized spacial score (nSPS) is 10.9. The molecule has 1 N–H and O–H groups in total. The zero-order valence-corrected chi connectivity index (χ0v) is 16.0. The van der Waals surface area contributed by atoms with Crippen LogP contribution in [-0.4, -0.2) is 37.7 Å². The van der Waals surface area contributed by atoms with E-state index in [1.165, 1.54) is 14.0 Å². The molecule has 29 heavy (non-hydrogen) atoms. The van der Waals surface area contributed by atoms with Gasteiger partial charge < -0.3 is 19.5 Å². The molecule has 8 nitrogen and oxygen atoms in total. The summed E-state index contributed by atoms with van der Waals surface area (Å²) < 4.78 is 15.0. The predicted molar refractivity (Wildman–Crippen MR) is 102 cm³/mol. The summed E-state index contributed by atoms with van der Waals surface area (Å²) >= 11 is 0. The Morgan fingerprint density at radius 2 is 1.72 bits per heavy atom. The van der Waals surface area contributed by atoms with Crippen LogP contribution < -0.4 is 10.1 Å². The van der Waals surface area contributed by atoms with Crippen molar-refractivity contribution >= 4 is 17.8 Å². The minimum absolute atomic E-state index is 0.217. The molecule has 0 bridgehead atoms. The van der Waals surface area contributed by atoms with Crippen LogP contribution in [0.4, 0.5) is 0 Å². The van der Waals surface area contributed by atoms with Gasteiger partial charge in [0.2, 0.25) is 0 Å². The van der Waals surface area contributed by atoms with Crippen LogP contribution in [0.1, 0.15) is 28.4 Å². The fourth-order valence-electron chi connectivity index (χ4n) is 2.24. The number of amides is 1. The van der Waals surface area contributed by atoms with Crippen LogP contribution in [0.5, 0.6) is 5.75 Å². The molecular weight excluding hydrogens is 376 g/mol. The summed E-state index contributed by atoms with van der Waals surface area (Å²) in [7, 11) is 1.30. The Morgan fingerprint density at radius 3 is 2.31 bits per heavy atom. The van der Waals surface area contributed by atoms with Gasteiger partial charge in [0, 0.05) is 6.54 Å². The third kappa shape index (κ3) is 6.66. The van der Waals surface area contributed by atoms with E-state index in [9.17, 15) is 14.4 Å². The molecule has 8 heteroatoms. The first-order chi connectivity index (χ1) is 13.9. The average Bonchev–Trinajstić information content (AvgIpc) is 2.76. The maximum atomic E-state index is 12.0. The van der Waals surface area contributed by atoms with E-state index < -0.39 is 30.6 Å². The van der Waals surface area contributed by atoms with E-state index in [4.69, 9.17) is 14.7 Å². The summed E-state index contributed by atoms with van der Waals surface area (Å²) in [5.74, 6) is -1.19. The third-order valence-electron chi connectivity index (χ3n) is 3.84. The van der Waals surface area contributed by atoms with Crippen LogP contribution in [-0.2, 0) is 25.6 Å². The van der Waals surface area contributed by atoms with Crippen LogP contribution in [0, 0.1) is 11.3 Å². The minimum Gasteiger partial charge on any atom is -0.479 e. The summed E-state index contributed by atoms with van der Waals surface area (Å²) in [6.07, 6.45) is -0.915. The SMILES string of the molecule is COC(=O)c1ccc(CNC(=O)COC(=O)[C@H](C)Oc2ccc(C#N)cc2)cc1. The number of carbonyl (C=O) groups is 3. The lowest BCUT2D eigenvalue weighted by Crippen LogP contribution is -2.32. The Labute approximate surface area is 168 Å². The highest BCUT2D eigenvalue weighted by atomic mass is 16.6. The minimum atomic E-state index is -0.915. The first kappa shape index (κ1) is 21.4. The van der Waals surface area contributed by atoms with Crippen molar-refractivity contribution in [1.82, 2.24) is 5.32 Å². The molecule has 1 amide bonds. The summed E-state index contributed by atoms with van der Waals surface area (Å²) in [4.78, 5) is 35.2. The molecule has 0 aromatic heterocycles. The molecule has 2 rings (SSSR count). The zero-order valence-electron chi connectivity index (χ0n) is 16.0. The van der Waals surface area contributed by atoms with Crippen LogP contribution in [0.25, 0.3) is 0 Å². The van der Waals surface area contributed by atoms with E-state index >= 15 is 0 Å². The van der Waals surface area contributed by atoms with Crippen LogP contribution in [0.3, 0.4) is 0 Å². The number of benzene rings is 2. The molecular formula is C21H20N2O6. The highest BCUT2D eigenvalue weighted by Crippen LogP contribution is 2.14. The number of nitrogens with zero attached hydrogens (tertiary/aromatic N) is 1. The molecule has 0 spiro atoms. The van der Waals surface area contributed by atoms with Crippen molar-refractivity contribution in [1.29, 1.82) is 5.26 Å². The fraction of sp³-hybridized carbons (Fsp3) is 0.238. The van der Waals surface area contributed by atoms with Gasteiger partial charge >= 0.3 is 11.9 Å². The van der Waals surface area contributed by atoms with Crippen LogP contribution in [0.2, 0.25) is 0 Å². The van der Waals surface area contributed by atoms with Crippen molar-refractivity contribution in [2.45, 2.75) is 19.6 Å². The number of methoxy groups -OCH3 is 1. The third-order valence-corrected chi connectivity index (χ3v) is 3.84. The van der Waals surface area contributed by atoms with Crippen molar-refractivity contribution in [2.24, 2.45) is 0 Å². The molecule has 150 valence electrons. The van der Waals surface area contributed by atoms with Gasteiger partial charge in [-0.05, 0) is 48.9 Å². The molecule has 0 radical (unpaired) electrons. The van der Waals surface area contributed by atoms with Crippen molar-refractivity contribution in [3.8, 4) is 11.8 Å². The quantitative estimate of drug-likeness (QED) is 0.678. The van der Waals surface area contributed by atoms with Gasteiger partial charge in [-0.2, -0.15) is 5.26 Å². The van der Waals surface area contributed by atoms with E-state index in [1.807, 2.05) is 6.07 Å². The van der Waals surface area contributed by atoms with E-state index in [2.05, 4.69) is 10.1 Å². The van der Waals surface area contributed by atoms with Gasteiger partial charge in [-0.25, -0.2) is 9.59 Å². The Morgan fingerprint density at radius 1 is 1.07 bits per heavy atom. The molecule has 0 heterocycles. The highest BCUT2D eigenvalue weighted by molar-refractivity contribution is 5.89. The topological polar surface area (TPSA) is 115 Å². The number of nitrogens with one attached hydrogen (secondary N) is 1. The molecule has 0 aliphatic carbocycles. The molecule has 0 saturated carbocycles. The Hall–Kier alpha value is -3.86. The van der Waals surface area contributed by atoms with Gasteiger partial charge in [0.25, 0.3) is 5.91 Å². The van der Waals surface area contributed by atoms with Gasteiger partial charge in [0.1, 0.15) is 5.75 Å². The van der Waals surface area contributed by atoms with Gasteiger partial charge in [-0.15, -0.1) is 0 Å². The molecule has 0 unspecified atom stereocenters. The van der Waals surface area contributed by atoms with Crippen LogP contribution in [0.15, 0.2) is 48.5 Å². The maximum Gasteiger partial charge on any atom is 0.347 e. The van der Waals surface area contributed by atoms with Crippen LogP contribution >= 0.6 is 0 Å². The van der Waals surface area contributed by atoms with Crippen molar-refractivity contribution in [3.05, 3.63) is 65.2 Å². The Kier molecular flexibility index (Phi) is 7.74.